The molecule has 1 aliphatic heterocycles. The molecule has 0 unspecified atom stereocenters. The van der Waals surface area contributed by atoms with Gasteiger partial charge in [-0.15, -0.1) is 12.0 Å². The molecule has 4 N–H and O–H groups in total. The Morgan fingerprint density at radius 2 is 1.86 bits per heavy atom. The Kier molecular flexibility index (Phi) is 7.48. The zero-order chi connectivity index (χ0) is 31.3. The fourth-order valence-electron chi connectivity index (χ4n) is 5.69. The van der Waals surface area contributed by atoms with E-state index in [0.29, 0.717) is 51.2 Å². The highest BCUT2D eigenvalue weighted by Gasteiger charge is 2.59. The minimum absolute atomic E-state index is 0.0451. The highest BCUT2D eigenvalue weighted by atomic mass is 19.1. The number of benzene rings is 1. The normalized spacial score (nSPS) is 16.9. The van der Waals surface area contributed by atoms with Crippen molar-refractivity contribution in [3.63, 3.8) is 0 Å². The molecule has 1 aromatic carbocycles. The number of hydrazine groups is 2. The summed E-state index contributed by atoms with van der Waals surface area (Å²) < 4.78 is 30.5. The van der Waals surface area contributed by atoms with Crippen molar-refractivity contribution in [2.24, 2.45) is 10.8 Å². The maximum absolute atomic E-state index is 16.4. The van der Waals surface area contributed by atoms with Gasteiger partial charge in [0.15, 0.2) is 0 Å². The van der Waals surface area contributed by atoms with Gasteiger partial charge < -0.3 is 16.1 Å². The Hall–Kier alpha value is -4.41. The minimum atomic E-state index is -0.805. The number of rotatable bonds is 7. The molecule has 10 heteroatoms. The third kappa shape index (κ3) is 5.55. The largest absolute Gasteiger partial charge is 0.383 e. The van der Waals surface area contributed by atoms with Crippen molar-refractivity contribution in [3.8, 4) is 18.4 Å². The van der Waals surface area contributed by atoms with Crippen LogP contribution in [0.3, 0.4) is 0 Å². The van der Waals surface area contributed by atoms with E-state index in [2.05, 4.69) is 85.1 Å². The summed E-state index contributed by atoms with van der Waals surface area (Å²) in [4.78, 5) is 8.52. The maximum Gasteiger partial charge on any atom is 0.228 e. The van der Waals surface area contributed by atoms with Crippen LogP contribution in [0.4, 0.5) is 20.2 Å². The number of nitrogens with one attached hydrogen (secondary N) is 4. The number of pyridine rings is 2. The first-order valence-corrected chi connectivity index (χ1v) is 14.4. The number of halogens is 2. The van der Waals surface area contributed by atoms with E-state index in [1.54, 1.807) is 30.3 Å². The van der Waals surface area contributed by atoms with Crippen molar-refractivity contribution in [2.75, 3.05) is 17.2 Å². The van der Waals surface area contributed by atoms with E-state index in [-0.39, 0.29) is 16.5 Å². The molecule has 1 saturated carbocycles. The fraction of sp³-hybridized carbons (Fsp3) is 0.424. The Morgan fingerprint density at radius 3 is 2.44 bits per heavy atom. The van der Waals surface area contributed by atoms with Crippen LogP contribution in [0.5, 0.6) is 0 Å². The van der Waals surface area contributed by atoms with Crippen LogP contribution in [0.2, 0.25) is 0 Å². The van der Waals surface area contributed by atoms with E-state index in [4.69, 9.17) is 6.42 Å². The molecule has 2 aromatic heterocycles. The average Bonchev–Trinajstić information content (AvgIpc) is 3.66. The first-order valence-electron chi connectivity index (χ1n) is 14.4. The van der Waals surface area contributed by atoms with Crippen LogP contribution in [0.25, 0.3) is 10.9 Å². The van der Waals surface area contributed by atoms with Gasteiger partial charge in [0.05, 0.1) is 33.9 Å². The molecule has 0 radical (unpaired) electrons. The first-order chi connectivity index (χ1) is 20.2. The standard InChI is InChI=1S/C33H38F2N8/c1-9-20-17-37-27-21(16-36)14-22(15-24(27)26(20)38-18-31(3,4)5)40-28(23-10-11-25(34)39-19(23)2)29-30(35)43(42-41-29)33(12-13-33)32(6,7)8/h1,10-11,14-15,17,28,40-42H,12-13,18H2,2-8H3,(H,37,38)/t28-/m0/s1. The summed E-state index contributed by atoms with van der Waals surface area (Å²) in [7, 11) is 0. The van der Waals surface area contributed by atoms with Crippen LogP contribution < -0.4 is 21.6 Å². The molecular formula is C33H38F2N8. The molecule has 1 fully saturated rings. The molecule has 43 heavy (non-hydrogen) atoms. The van der Waals surface area contributed by atoms with E-state index in [1.807, 2.05) is 6.07 Å². The molecule has 224 valence electrons. The molecular weight excluding hydrogens is 546 g/mol. The van der Waals surface area contributed by atoms with Gasteiger partial charge in [0.25, 0.3) is 0 Å². The summed E-state index contributed by atoms with van der Waals surface area (Å²) in [5.74, 6) is 1.61. The molecule has 3 aromatic rings. The van der Waals surface area contributed by atoms with E-state index in [9.17, 15) is 9.65 Å². The van der Waals surface area contributed by atoms with Crippen molar-refractivity contribution in [2.45, 2.75) is 72.9 Å². The van der Waals surface area contributed by atoms with Crippen LogP contribution >= 0.6 is 0 Å². The molecule has 3 heterocycles. The lowest BCUT2D eigenvalue weighted by molar-refractivity contribution is 0.0449. The number of aromatic nitrogens is 2. The molecule has 1 atom stereocenters. The molecule has 0 bridgehead atoms. The second-order valence-electron chi connectivity index (χ2n) is 13.6. The van der Waals surface area contributed by atoms with Crippen molar-refractivity contribution < 1.29 is 8.78 Å². The van der Waals surface area contributed by atoms with Crippen LogP contribution in [-0.4, -0.2) is 27.1 Å². The summed E-state index contributed by atoms with van der Waals surface area (Å²) in [6, 6.07) is 7.81. The first kappa shape index (κ1) is 30.1. The second kappa shape index (κ2) is 10.7. The van der Waals surface area contributed by atoms with Gasteiger partial charge in [-0.1, -0.05) is 53.5 Å². The lowest BCUT2D eigenvalue weighted by atomic mass is 9.83. The van der Waals surface area contributed by atoms with Gasteiger partial charge >= 0.3 is 0 Å². The fourth-order valence-corrected chi connectivity index (χ4v) is 5.69. The van der Waals surface area contributed by atoms with Crippen molar-refractivity contribution in [1.29, 1.82) is 5.26 Å². The summed E-state index contributed by atoms with van der Waals surface area (Å²) in [6.07, 6.45) is 9.11. The Labute approximate surface area is 251 Å². The summed E-state index contributed by atoms with van der Waals surface area (Å²) in [5.41, 5.74) is 9.28. The number of hydrogen-bond acceptors (Lipinski definition) is 8. The van der Waals surface area contributed by atoms with Crippen LogP contribution in [-0.2, 0) is 0 Å². The van der Waals surface area contributed by atoms with Crippen LogP contribution in [0.15, 0.2) is 42.1 Å². The van der Waals surface area contributed by atoms with E-state index >= 15 is 4.39 Å². The zero-order valence-electron chi connectivity index (χ0n) is 25.7. The summed E-state index contributed by atoms with van der Waals surface area (Å²) in [5, 5.41) is 19.2. The average molecular weight is 585 g/mol. The minimum Gasteiger partial charge on any atom is -0.383 e. The molecule has 8 nitrogen and oxygen atoms in total. The molecule has 0 saturated heterocycles. The quantitative estimate of drug-likeness (QED) is 0.140. The van der Waals surface area contributed by atoms with Crippen molar-refractivity contribution in [3.05, 3.63) is 70.4 Å². The summed E-state index contributed by atoms with van der Waals surface area (Å²) >= 11 is 0. The number of nitrogens with zero attached hydrogens (tertiary/aromatic N) is 4. The topological polar surface area (TPSA) is 101 Å². The molecule has 0 spiro atoms. The number of fused-ring (bicyclic) bond motifs is 1. The Morgan fingerprint density at radius 1 is 1.14 bits per heavy atom. The zero-order valence-corrected chi connectivity index (χ0v) is 25.7. The smallest absolute Gasteiger partial charge is 0.228 e. The summed E-state index contributed by atoms with van der Waals surface area (Å²) in [6.45, 7) is 14.9. The number of terminal acetylenes is 1. The predicted molar refractivity (Wildman–Crippen MR) is 165 cm³/mol. The lowest BCUT2D eigenvalue weighted by Gasteiger charge is -2.38. The second-order valence-corrected chi connectivity index (χ2v) is 13.6. The van der Waals surface area contributed by atoms with Crippen molar-refractivity contribution >= 4 is 22.3 Å². The van der Waals surface area contributed by atoms with Gasteiger partial charge in [-0.25, -0.2) is 4.98 Å². The van der Waals surface area contributed by atoms with Gasteiger partial charge in [0.2, 0.25) is 11.9 Å². The Balaban J connectivity index is 1.65. The molecule has 1 aliphatic carbocycles. The third-order valence-electron chi connectivity index (χ3n) is 8.31. The van der Waals surface area contributed by atoms with Gasteiger partial charge in [-0.2, -0.15) is 14.0 Å². The van der Waals surface area contributed by atoms with Crippen LogP contribution in [0.1, 0.15) is 82.8 Å². The maximum atomic E-state index is 16.4. The number of anilines is 2. The third-order valence-corrected chi connectivity index (χ3v) is 8.31. The number of nitriles is 1. The van der Waals surface area contributed by atoms with Gasteiger partial charge in [0.1, 0.15) is 11.8 Å². The monoisotopic (exact) mass is 584 g/mol. The lowest BCUT2D eigenvalue weighted by Crippen LogP contribution is -2.52. The highest BCUT2D eigenvalue weighted by Crippen LogP contribution is 2.56. The Bertz CT molecular complexity index is 1700. The van der Waals surface area contributed by atoms with E-state index in [0.717, 1.165) is 12.8 Å². The van der Waals surface area contributed by atoms with Gasteiger partial charge in [-0.05, 0) is 48.8 Å². The number of hydrogen-bond donors (Lipinski definition) is 4. The van der Waals surface area contributed by atoms with Crippen LogP contribution in [0, 0.1) is 47.4 Å². The number of aryl methyl sites for hydroxylation is 1. The van der Waals surface area contributed by atoms with Gasteiger partial charge in [0, 0.05) is 35.1 Å². The molecule has 0 amide bonds. The molecule has 5 rings (SSSR count). The SMILES string of the molecule is C#Cc1cnc2c(C#N)cc(N[C@H](C3=C(F)N(C4(C(C)(C)C)CC4)NN3)c3ccc(F)nc3C)cc2c1NCC(C)(C)C. The van der Waals surface area contributed by atoms with Crippen molar-refractivity contribution in [1.82, 2.24) is 25.9 Å². The highest BCUT2D eigenvalue weighted by molar-refractivity contribution is 5.99. The predicted octanol–water partition coefficient (Wildman–Crippen LogP) is 6.58. The van der Waals surface area contributed by atoms with E-state index < -0.39 is 23.5 Å². The van der Waals surface area contributed by atoms with Gasteiger partial charge in [-0.3, -0.25) is 9.99 Å². The van der Waals surface area contributed by atoms with E-state index in [1.165, 1.54) is 6.07 Å². The molecule has 2 aliphatic rings.